The van der Waals surface area contributed by atoms with Crippen molar-refractivity contribution < 1.29 is 0 Å². The van der Waals surface area contributed by atoms with Crippen molar-refractivity contribution in [1.29, 1.82) is 0 Å². The molecular formula is C22H26N4. The minimum atomic E-state index is 0.490. The van der Waals surface area contributed by atoms with Crippen molar-refractivity contribution in [3.63, 3.8) is 0 Å². The van der Waals surface area contributed by atoms with E-state index in [2.05, 4.69) is 76.7 Å². The zero-order valence-corrected chi connectivity index (χ0v) is 15.5. The van der Waals surface area contributed by atoms with E-state index in [1.54, 1.807) is 6.33 Å². The Kier molecular flexibility index (Phi) is 4.85. The molecule has 26 heavy (non-hydrogen) atoms. The lowest BCUT2D eigenvalue weighted by molar-refractivity contribution is 0.221. The average molecular weight is 346 g/mol. The maximum absolute atomic E-state index is 4.56. The van der Waals surface area contributed by atoms with Crippen LogP contribution in [-0.4, -0.2) is 41.0 Å². The second-order valence-electron chi connectivity index (χ2n) is 7.43. The highest BCUT2D eigenvalue weighted by Crippen LogP contribution is 2.29. The minimum Gasteiger partial charge on any atom is -0.367 e. The van der Waals surface area contributed by atoms with Gasteiger partial charge in [-0.2, -0.15) is 0 Å². The van der Waals surface area contributed by atoms with Crippen LogP contribution in [0.2, 0.25) is 0 Å². The molecule has 4 rings (SSSR count). The lowest BCUT2D eigenvalue weighted by Crippen LogP contribution is -2.36. The summed E-state index contributed by atoms with van der Waals surface area (Å²) in [6.45, 7) is 0. The number of anilines is 1. The predicted octanol–water partition coefficient (Wildman–Crippen LogP) is 4.58. The molecule has 0 aliphatic heterocycles. The molecule has 0 amide bonds. The summed E-state index contributed by atoms with van der Waals surface area (Å²) in [6, 6.07) is 18.1. The Hall–Kier alpha value is -2.46. The molecule has 1 aromatic heterocycles. The fourth-order valence-corrected chi connectivity index (χ4v) is 3.91. The summed E-state index contributed by atoms with van der Waals surface area (Å²) in [6.07, 6.45) is 6.52. The number of hydrogen-bond acceptors (Lipinski definition) is 4. The molecule has 3 aromatic rings. The van der Waals surface area contributed by atoms with E-state index in [1.807, 2.05) is 6.07 Å². The normalized spacial score (nSPS) is 20.4. The summed E-state index contributed by atoms with van der Waals surface area (Å²) in [7, 11) is 4.36. The second-order valence-corrected chi connectivity index (χ2v) is 7.43. The minimum absolute atomic E-state index is 0.490. The van der Waals surface area contributed by atoms with Gasteiger partial charge in [0.2, 0.25) is 0 Å². The van der Waals surface area contributed by atoms with Gasteiger partial charge in [0.25, 0.3) is 0 Å². The van der Waals surface area contributed by atoms with Crippen molar-refractivity contribution in [2.75, 3.05) is 19.4 Å². The van der Waals surface area contributed by atoms with E-state index < -0.39 is 0 Å². The number of nitrogens with one attached hydrogen (secondary N) is 1. The molecule has 1 saturated carbocycles. The van der Waals surface area contributed by atoms with Gasteiger partial charge >= 0.3 is 0 Å². The number of aromatic nitrogens is 2. The molecule has 4 heteroatoms. The maximum Gasteiger partial charge on any atom is 0.137 e. The zero-order valence-electron chi connectivity index (χ0n) is 15.5. The first kappa shape index (κ1) is 17.0. The Morgan fingerprint density at radius 2 is 1.65 bits per heavy atom. The average Bonchev–Trinajstić information content (AvgIpc) is 2.69. The predicted molar refractivity (Wildman–Crippen MR) is 108 cm³/mol. The van der Waals surface area contributed by atoms with Gasteiger partial charge in [0.05, 0.1) is 5.52 Å². The topological polar surface area (TPSA) is 41.0 Å². The molecule has 1 N–H and O–H groups in total. The van der Waals surface area contributed by atoms with Crippen molar-refractivity contribution in [2.24, 2.45) is 0 Å². The lowest BCUT2D eigenvalue weighted by atomic mass is 9.90. The van der Waals surface area contributed by atoms with Crippen molar-refractivity contribution in [1.82, 2.24) is 14.9 Å². The number of nitrogens with zero attached hydrogens (tertiary/aromatic N) is 3. The molecule has 0 unspecified atom stereocenters. The quantitative estimate of drug-likeness (QED) is 0.751. The fourth-order valence-electron chi connectivity index (χ4n) is 3.91. The molecule has 0 saturated heterocycles. The SMILES string of the molecule is CN(C)[C@H]1CC[C@H](Nc2ncnc3ccc(-c4ccccc4)cc23)CC1. The Balaban J connectivity index is 1.59. The van der Waals surface area contributed by atoms with Crippen LogP contribution in [0.15, 0.2) is 54.9 Å². The molecule has 0 bridgehead atoms. The van der Waals surface area contributed by atoms with E-state index in [0.717, 1.165) is 16.7 Å². The molecule has 1 fully saturated rings. The monoisotopic (exact) mass is 346 g/mol. The lowest BCUT2D eigenvalue weighted by Gasteiger charge is -2.33. The molecule has 0 radical (unpaired) electrons. The first-order chi connectivity index (χ1) is 12.7. The van der Waals surface area contributed by atoms with Gasteiger partial charge in [0.15, 0.2) is 0 Å². The Bertz CT molecular complexity index is 868. The van der Waals surface area contributed by atoms with Gasteiger partial charge in [-0.3, -0.25) is 0 Å². The standard InChI is InChI=1S/C22H26N4/c1-26(2)19-11-9-18(10-12-19)25-22-20-14-17(16-6-4-3-5-7-16)8-13-21(20)23-15-24-22/h3-8,13-15,18-19H,9-12H2,1-2H3,(H,23,24,25)/t18-,19-. The Morgan fingerprint density at radius 3 is 2.38 bits per heavy atom. The number of hydrogen-bond donors (Lipinski definition) is 1. The van der Waals surface area contributed by atoms with Crippen LogP contribution in [-0.2, 0) is 0 Å². The van der Waals surface area contributed by atoms with Crippen LogP contribution in [0.25, 0.3) is 22.0 Å². The van der Waals surface area contributed by atoms with E-state index in [4.69, 9.17) is 0 Å². The third kappa shape index (κ3) is 3.56. The van der Waals surface area contributed by atoms with E-state index in [9.17, 15) is 0 Å². The summed E-state index contributed by atoms with van der Waals surface area (Å²) >= 11 is 0. The molecule has 134 valence electrons. The fraction of sp³-hybridized carbons (Fsp3) is 0.364. The van der Waals surface area contributed by atoms with Gasteiger partial charge in [-0.25, -0.2) is 9.97 Å². The Morgan fingerprint density at radius 1 is 0.885 bits per heavy atom. The molecule has 1 aliphatic carbocycles. The maximum atomic E-state index is 4.56. The van der Waals surface area contributed by atoms with E-state index >= 15 is 0 Å². The van der Waals surface area contributed by atoms with Crippen LogP contribution in [0.5, 0.6) is 0 Å². The van der Waals surface area contributed by atoms with Crippen molar-refractivity contribution in [3.8, 4) is 11.1 Å². The van der Waals surface area contributed by atoms with Crippen LogP contribution in [0, 0.1) is 0 Å². The molecule has 4 nitrogen and oxygen atoms in total. The van der Waals surface area contributed by atoms with Crippen LogP contribution < -0.4 is 5.32 Å². The first-order valence-corrected chi connectivity index (χ1v) is 9.44. The van der Waals surface area contributed by atoms with Crippen LogP contribution in [0.3, 0.4) is 0 Å². The van der Waals surface area contributed by atoms with Gasteiger partial charge in [0.1, 0.15) is 12.1 Å². The first-order valence-electron chi connectivity index (χ1n) is 9.44. The second kappa shape index (κ2) is 7.42. The molecule has 1 aliphatic rings. The van der Waals surface area contributed by atoms with Crippen LogP contribution in [0.1, 0.15) is 25.7 Å². The number of benzene rings is 2. The van der Waals surface area contributed by atoms with Gasteiger partial charge in [0, 0.05) is 17.5 Å². The van der Waals surface area contributed by atoms with E-state index in [1.165, 1.54) is 36.8 Å². The molecular weight excluding hydrogens is 320 g/mol. The van der Waals surface area contributed by atoms with Crippen molar-refractivity contribution in [2.45, 2.75) is 37.8 Å². The van der Waals surface area contributed by atoms with Gasteiger partial charge in [-0.15, -0.1) is 0 Å². The third-order valence-corrected chi connectivity index (χ3v) is 5.51. The molecule has 1 heterocycles. The zero-order chi connectivity index (χ0) is 17.9. The highest BCUT2D eigenvalue weighted by molar-refractivity contribution is 5.92. The van der Waals surface area contributed by atoms with Crippen LogP contribution >= 0.6 is 0 Å². The summed E-state index contributed by atoms with van der Waals surface area (Å²) < 4.78 is 0. The highest BCUT2D eigenvalue weighted by atomic mass is 15.1. The van der Waals surface area contributed by atoms with E-state index in [0.29, 0.717) is 12.1 Å². The summed E-state index contributed by atoms with van der Waals surface area (Å²) in [4.78, 5) is 11.4. The smallest absolute Gasteiger partial charge is 0.137 e. The molecule has 2 aromatic carbocycles. The van der Waals surface area contributed by atoms with E-state index in [-0.39, 0.29) is 0 Å². The van der Waals surface area contributed by atoms with Gasteiger partial charge < -0.3 is 10.2 Å². The summed E-state index contributed by atoms with van der Waals surface area (Å²) in [5.74, 6) is 0.959. The number of fused-ring (bicyclic) bond motifs is 1. The Labute approximate surface area is 155 Å². The highest BCUT2D eigenvalue weighted by Gasteiger charge is 2.23. The molecule has 0 spiro atoms. The largest absolute Gasteiger partial charge is 0.367 e. The molecule has 0 atom stereocenters. The number of rotatable bonds is 4. The summed E-state index contributed by atoms with van der Waals surface area (Å²) in [5, 5.41) is 4.79. The van der Waals surface area contributed by atoms with Crippen molar-refractivity contribution in [3.05, 3.63) is 54.9 Å². The van der Waals surface area contributed by atoms with Gasteiger partial charge in [-0.1, -0.05) is 36.4 Å². The summed E-state index contributed by atoms with van der Waals surface area (Å²) in [5.41, 5.74) is 3.41. The third-order valence-electron chi connectivity index (χ3n) is 5.51. The van der Waals surface area contributed by atoms with Crippen molar-refractivity contribution >= 4 is 16.7 Å². The van der Waals surface area contributed by atoms with Crippen LogP contribution in [0.4, 0.5) is 5.82 Å². The van der Waals surface area contributed by atoms with Gasteiger partial charge in [-0.05, 0) is 63.0 Å².